The summed E-state index contributed by atoms with van der Waals surface area (Å²) in [5, 5.41) is 1.80. The van der Waals surface area contributed by atoms with Gasteiger partial charge in [-0.1, -0.05) is 0 Å². The maximum absolute atomic E-state index is 9.53. The highest BCUT2D eigenvalue weighted by Gasteiger charge is 1.74. The van der Waals surface area contributed by atoms with Crippen molar-refractivity contribution in [2.45, 2.75) is 0 Å². The molecule has 2 amide bonds. The van der Waals surface area contributed by atoms with Crippen LogP contribution in [0.4, 0.5) is 4.79 Å². The van der Waals surface area contributed by atoms with E-state index < -0.39 is 6.03 Å². The molecular formula is C2H2N2OS. The van der Waals surface area contributed by atoms with Crippen LogP contribution in [-0.2, 0) is 0 Å². The van der Waals surface area contributed by atoms with E-state index in [4.69, 9.17) is 0 Å². The van der Waals surface area contributed by atoms with Gasteiger partial charge in [0, 0.05) is 0 Å². The molecule has 32 valence electrons. The van der Waals surface area contributed by atoms with E-state index in [1.807, 2.05) is 0 Å². The third kappa shape index (κ3) is 3.27. The zero-order chi connectivity index (χ0) is 4.99. The smallest absolute Gasteiger partial charge is 0.347 e. The summed E-state index contributed by atoms with van der Waals surface area (Å²) in [5.74, 6) is 0. The number of aliphatic imine (C=N–C) groups is 1. The number of rotatable bonds is 0. The molecule has 2 N–H and O–H groups in total. The molecule has 0 unspecified atom stereocenters. The summed E-state index contributed by atoms with van der Waals surface area (Å²) in [4.78, 5) is 12.4. The molecule has 0 bridgehead atoms. The Kier molecular flexibility index (Phi) is 2.20. The van der Waals surface area contributed by atoms with Crippen molar-refractivity contribution in [1.29, 1.82) is 0 Å². The van der Waals surface area contributed by atoms with Gasteiger partial charge in [0.25, 0.3) is 0 Å². The van der Waals surface area contributed by atoms with Crippen molar-refractivity contribution in [2.24, 2.45) is 10.7 Å². The predicted molar refractivity (Wildman–Crippen MR) is 24.6 cm³/mol. The zero-order valence-corrected chi connectivity index (χ0v) is 3.66. The summed E-state index contributed by atoms with van der Waals surface area (Å²) in [7, 11) is 0. The lowest BCUT2D eigenvalue weighted by Gasteiger charge is -1.65. The van der Waals surface area contributed by atoms with Crippen molar-refractivity contribution in [3.05, 3.63) is 0 Å². The van der Waals surface area contributed by atoms with Gasteiger partial charge in [-0.2, -0.15) is 0 Å². The highest BCUT2D eigenvalue weighted by Crippen LogP contribution is 1.57. The summed E-state index contributed by atoms with van der Waals surface area (Å²) in [6.45, 7) is 0. The van der Waals surface area contributed by atoms with Gasteiger partial charge in [-0.05, 0) is 12.2 Å². The predicted octanol–water partition coefficient (Wildman–Crippen LogP) is 0.168. The van der Waals surface area contributed by atoms with Gasteiger partial charge >= 0.3 is 6.03 Å². The lowest BCUT2D eigenvalue weighted by atomic mass is 11.1. The first kappa shape index (κ1) is 5.27. The Hall–Kier alpha value is -0.730. The molecule has 0 atom stereocenters. The summed E-state index contributed by atoms with van der Waals surface area (Å²) in [5.41, 5.74) is 4.47. The van der Waals surface area contributed by atoms with Crippen LogP contribution < -0.4 is 5.73 Å². The minimum absolute atomic E-state index is 0.801. The number of nitrogens with two attached hydrogens (primary N) is 1. The fourth-order valence-electron chi connectivity index (χ4n) is 0.0450. The van der Waals surface area contributed by atoms with E-state index in [1.54, 1.807) is 5.16 Å². The molecule has 6 heavy (non-hydrogen) atoms. The normalized spacial score (nSPS) is 6.00. The molecule has 0 aromatic carbocycles. The SMILES string of the molecule is NC(=O)N=C=S. The van der Waals surface area contributed by atoms with Crippen LogP contribution in [0.3, 0.4) is 0 Å². The van der Waals surface area contributed by atoms with E-state index in [1.165, 1.54) is 0 Å². The minimum atomic E-state index is -0.801. The average molecular weight is 102 g/mol. The number of carbonyl (C=O) groups is 1. The van der Waals surface area contributed by atoms with Gasteiger partial charge < -0.3 is 5.73 Å². The van der Waals surface area contributed by atoms with Crippen molar-refractivity contribution in [3.63, 3.8) is 0 Å². The highest BCUT2D eigenvalue weighted by atomic mass is 32.1. The Labute approximate surface area is 39.9 Å². The molecule has 0 aliphatic heterocycles. The molecule has 0 aliphatic carbocycles. The van der Waals surface area contributed by atoms with E-state index in [0.717, 1.165) is 0 Å². The molecule has 0 aromatic rings. The van der Waals surface area contributed by atoms with Crippen molar-refractivity contribution in [1.82, 2.24) is 0 Å². The number of nitrogens with zero attached hydrogens (tertiary/aromatic N) is 1. The molecule has 0 spiro atoms. The molecule has 3 nitrogen and oxygen atoms in total. The molecule has 0 radical (unpaired) electrons. The number of thiocarbonyl (C=S) groups is 1. The summed E-state index contributed by atoms with van der Waals surface area (Å²) in [6, 6.07) is -0.801. The summed E-state index contributed by atoms with van der Waals surface area (Å²) < 4.78 is 0. The minimum Gasteiger partial charge on any atom is -0.349 e. The molecule has 0 aromatic heterocycles. The van der Waals surface area contributed by atoms with E-state index in [-0.39, 0.29) is 0 Å². The second-order valence-electron chi connectivity index (χ2n) is 0.541. The quantitative estimate of drug-likeness (QED) is 0.350. The van der Waals surface area contributed by atoms with Crippen molar-refractivity contribution in [3.8, 4) is 0 Å². The van der Waals surface area contributed by atoms with Crippen molar-refractivity contribution < 1.29 is 4.79 Å². The van der Waals surface area contributed by atoms with Crippen LogP contribution in [0.1, 0.15) is 0 Å². The number of amides is 2. The Morgan fingerprint density at radius 1 is 2.00 bits per heavy atom. The summed E-state index contributed by atoms with van der Waals surface area (Å²) >= 11 is 4.01. The standard InChI is InChI=1S/C2H2N2OS/c3-2(5)4-1-6/h(H2,3,5). The first-order chi connectivity index (χ1) is 2.77. The molecule has 0 saturated carbocycles. The Bertz CT molecular complexity index is 104. The Morgan fingerprint density at radius 3 is 2.50 bits per heavy atom. The van der Waals surface area contributed by atoms with Crippen LogP contribution >= 0.6 is 12.2 Å². The number of primary amides is 1. The Morgan fingerprint density at radius 2 is 2.50 bits per heavy atom. The molecule has 0 heterocycles. The average Bonchev–Trinajstić information content (AvgIpc) is 1.35. The fraction of sp³-hybridized carbons (Fsp3) is 0. The van der Waals surface area contributed by atoms with Crippen molar-refractivity contribution >= 4 is 23.4 Å². The Balaban J connectivity index is 3.60. The van der Waals surface area contributed by atoms with E-state index >= 15 is 0 Å². The van der Waals surface area contributed by atoms with Crippen LogP contribution in [0.2, 0.25) is 0 Å². The number of isothiocyanates is 1. The molecular weight excluding hydrogens is 100 g/mol. The van der Waals surface area contributed by atoms with Crippen LogP contribution in [-0.4, -0.2) is 11.2 Å². The van der Waals surface area contributed by atoms with Gasteiger partial charge in [0.05, 0.1) is 5.16 Å². The number of urea groups is 1. The lowest BCUT2D eigenvalue weighted by Crippen LogP contribution is -2.01. The molecule has 0 aliphatic rings. The van der Waals surface area contributed by atoms with E-state index in [9.17, 15) is 4.79 Å². The largest absolute Gasteiger partial charge is 0.349 e. The monoisotopic (exact) mass is 102 g/mol. The maximum atomic E-state index is 9.53. The van der Waals surface area contributed by atoms with Gasteiger partial charge in [-0.3, -0.25) is 0 Å². The van der Waals surface area contributed by atoms with Gasteiger partial charge in [0.2, 0.25) is 0 Å². The first-order valence-electron chi connectivity index (χ1n) is 1.14. The lowest BCUT2D eigenvalue weighted by molar-refractivity contribution is 0.257. The zero-order valence-electron chi connectivity index (χ0n) is 2.84. The maximum Gasteiger partial charge on any atom is 0.347 e. The van der Waals surface area contributed by atoms with Gasteiger partial charge in [0.15, 0.2) is 0 Å². The second kappa shape index (κ2) is 2.50. The molecule has 0 saturated heterocycles. The molecule has 0 fully saturated rings. The highest BCUT2D eigenvalue weighted by molar-refractivity contribution is 7.78. The van der Waals surface area contributed by atoms with Crippen LogP contribution in [0.15, 0.2) is 4.99 Å². The van der Waals surface area contributed by atoms with Crippen LogP contribution in [0.25, 0.3) is 0 Å². The van der Waals surface area contributed by atoms with Crippen LogP contribution in [0, 0.1) is 0 Å². The fourth-order valence-corrected chi connectivity index (χ4v) is 0.135. The van der Waals surface area contributed by atoms with Crippen LogP contribution in [0.5, 0.6) is 0 Å². The van der Waals surface area contributed by atoms with Gasteiger partial charge in [-0.25, -0.2) is 4.79 Å². The summed E-state index contributed by atoms with van der Waals surface area (Å²) in [6.07, 6.45) is 0. The molecule has 0 rings (SSSR count). The second-order valence-corrected chi connectivity index (χ2v) is 0.724. The van der Waals surface area contributed by atoms with E-state index in [0.29, 0.717) is 0 Å². The number of carbonyl (C=O) groups excluding carboxylic acids is 1. The van der Waals surface area contributed by atoms with Gasteiger partial charge in [-0.15, -0.1) is 4.99 Å². The van der Waals surface area contributed by atoms with Crippen molar-refractivity contribution in [2.75, 3.05) is 0 Å². The molecule has 4 heteroatoms. The van der Waals surface area contributed by atoms with E-state index in [2.05, 4.69) is 22.9 Å². The number of hydrogen-bond donors (Lipinski definition) is 1. The number of hydrogen-bond acceptors (Lipinski definition) is 2. The topological polar surface area (TPSA) is 55.5 Å². The van der Waals surface area contributed by atoms with Gasteiger partial charge in [0.1, 0.15) is 0 Å². The third-order valence-electron chi connectivity index (χ3n) is 0.156. The first-order valence-corrected chi connectivity index (χ1v) is 1.55. The third-order valence-corrected chi connectivity index (χ3v) is 0.247.